The maximum Gasteiger partial charge on any atom is 0.115 e. The molecule has 2 aromatic rings. The average Bonchev–Trinajstić information content (AvgIpc) is 2.28. The number of phenolic OH excluding ortho intramolecular Hbond substituents is 2. The second kappa shape index (κ2) is 6.35. The minimum absolute atomic E-state index is 0.280. The molecule has 0 saturated carbocycles. The summed E-state index contributed by atoms with van der Waals surface area (Å²) in [5.74, 6) is 0.561. The van der Waals surface area contributed by atoms with Gasteiger partial charge in [0.2, 0.25) is 0 Å². The molecule has 0 aliphatic rings. The third-order valence-electron chi connectivity index (χ3n) is 1.70. The summed E-state index contributed by atoms with van der Waals surface area (Å²) in [5.41, 5.74) is 0. The lowest BCUT2D eigenvalue weighted by Gasteiger charge is -1.88. The van der Waals surface area contributed by atoms with Gasteiger partial charge in [-0.25, -0.2) is 0 Å². The van der Waals surface area contributed by atoms with Gasteiger partial charge < -0.3 is 10.2 Å². The number of phenols is 2. The van der Waals surface area contributed by atoms with E-state index in [0.29, 0.717) is 0 Å². The van der Waals surface area contributed by atoms with Crippen LogP contribution in [-0.2, 0) is 0 Å². The van der Waals surface area contributed by atoms with E-state index in [1.807, 2.05) is 0 Å². The first-order valence-corrected chi connectivity index (χ1v) is 5.43. The molecular weight excluding hydrogens is 240 g/mol. The van der Waals surface area contributed by atoms with E-state index in [4.69, 9.17) is 10.2 Å². The smallest absolute Gasteiger partial charge is 0.115 e. The van der Waals surface area contributed by atoms with Crippen LogP contribution < -0.4 is 0 Å². The van der Waals surface area contributed by atoms with Gasteiger partial charge in [-0.1, -0.05) is 0 Å². The van der Waals surface area contributed by atoms with Gasteiger partial charge in [-0.05, 0) is 48.5 Å². The highest BCUT2D eigenvalue weighted by molar-refractivity contribution is 7.80. The normalized spacial score (nSPS) is 9.12. The lowest BCUT2D eigenvalue weighted by molar-refractivity contribution is 0.474. The lowest BCUT2D eigenvalue weighted by Crippen LogP contribution is -1.62. The molecule has 84 valence electrons. The second-order valence-corrected chi connectivity index (χ2v) is 4.07. The third kappa shape index (κ3) is 5.00. The van der Waals surface area contributed by atoms with Gasteiger partial charge >= 0.3 is 0 Å². The minimum Gasteiger partial charge on any atom is -0.508 e. The number of rotatable bonds is 0. The van der Waals surface area contributed by atoms with Crippen molar-refractivity contribution in [3.05, 3.63) is 48.5 Å². The van der Waals surface area contributed by atoms with E-state index in [-0.39, 0.29) is 11.5 Å². The van der Waals surface area contributed by atoms with Gasteiger partial charge in [0, 0.05) is 9.79 Å². The molecule has 0 aromatic heterocycles. The number of hydrogen-bond donors (Lipinski definition) is 4. The predicted molar refractivity (Wildman–Crippen MR) is 70.7 cm³/mol. The van der Waals surface area contributed by atoms with Crippen LogP contribution in [-0.4, -0.2) is 10.2 Å². The SMILES string of the molecule is Oc1ccc(S)cc1.Oc1ccc(S)cc1. The standard InChI is InChI=1S/2C6H6OS/c2*7-5-1-3-6(8)4-2-5/h2*1-4,7-8H. The average molecular weight is 252 g/mol. The van der Waals surface area contributed by atoms with E-state index >= 15 is 0 Å². The lowest BCUT2D eigenvalue weighted by atomic mass is 10.3. The zero-order chi connectivity index (χ0) is 12.0. The van der Waals surface area contributed by atoms with E-state index in [2.05, 4.69) is 25.3 Å². The van der Waals surface area contributed by atoms with Crippen LogP contribution in [0.15, 0.2) is 58.3 Å². The number of hydrogen-bond acceptors (Lipinski definition) is 4. The molecule has 16 heavy (non-hydrogen) atoms. The van der Waals surface area contributed by atoms with E-state index in [1.165, 1.54) is 0 Å². The van der Waals surface area contributed by atoms with E-state index in [0.717, 1.165) is 9.79 Å². The van der Waals surface area contributed by atoms with Gasteiger partial charge in [-0.15, -0.1) is 25.3 Å². The van der Waals surface area contributed by atoms with Crippen LogP contribution in [0.3, 0.4) is 0 Å². The van der Waals surface area contributed by atoms with E-state index < -0.39 is 0 Å². The van der Waals surface area contributed by atoms with Crippen molar-refractivity contribution >= 4 is 25.3 Å². The highest BCUT2D eigenvalue weighted by atomic mass is 32.1. The number of benzene rings is 2. The summed E-state index contributed by atoms with van der Waals surface area (Å²) >= 11 is 8.04. The van der Waals surface area contributed by atoms with E-state index in [1.54, 1.807) is 48.5 Å². The van der Waals surface area contributed by atoms with Crippen molar-refractivity contribution in [2.75, 3.05) is 0 Å². The first-order valence-electron chi connectivity index (χ1n) is 4.54. The van der Waals surface area contributed by atoms with Crippen LogP contribution in [0.1, 0.15) is 0 Å². The molecule has 0 bridgehead atoms. The Kier molecular flexibility index (Phi) is 5.08. The van der Waals surface area contributed by atoms with Crippen LogP contribution in [0.5, 0.6) is 11.5 Å². The Morgan fingerprint density at radius 1 is 0.562 bits per heavy atom. The summed E-state index contributed by atoms with van der Waals surface area (Å²) in [7, 11) is 0. The molecule has 2 aromatic carbocycles. The van der Waals surface area contributed by atoms with Gasteiger partial charge in [-0.2, -0.15) is 0 Å². The summed E-state index contributed by atoms with van der Waals surface area (Å²) in [5, 5.41) is 17.4. The fraction of sp³-hybridized carbons (Fsp3) is 0. The Balaban J connectivity index is 0.000000160. The van der Waals surface area contributed by atoms with Gasteiger partial charge in [0.25, 0.3) is 0 Å². The van der Waals surface area contributed by atoms with Gasteiger partial charge in [0.15, 0.2) is 0 Å². The number of aromatic hydroxyl groups is 2. The molecule has 0 unspecified atom stereocenters. The molecule has 0 atom stereocenters. The zero-order valence-electron chi connectivity index (χ0n) is 8.41. The first-order chi connectivity index (χ1) is 7.58. The number of thiol groups is 2. The molecular formula is C12H12O2S2. The van der Waals surface area contributed by atoms with Crippen molar-refractivity contribution in [3.63, 3.8) is 0 Å². The Bertz CT molecular complexity index is 338. The van der Waals surface area contributed by atoms with Crippen molar-refractivity contribution in [2.45, 2.75) is 9.79 Å². The molecule has 0 fully saturated rings. The highest BCUT2D eigenvalue weighted by Crippen LogP contribution is 2.12. The third-order valence-corrected chi connectivity index (χ3v) is 2.30. The van der Waals surface area contributed by atoms with Gasteiger partial charge in [-0.3, -0.25) is 0 Å². The van der Waals surface area contributed by atoms with Crippen LogP contribution in [0.25, 0.3) is 0 Å². The maximum absolute atomic E-state index is 8.72. The topological polar surface area (TPSA) is 40.5 Å². The van der Waals surface area contributed by atoms with Crippen molar-refractivity contribution in [3.8, 4) is 11.5 Å². The molecule has 0 aliphatic carbocycles. The summed E-state index contributed by atoms with van der Waals surface area (Å²) in [6.07, 6.45) is 0. The molecule has 2 nitrogen and oxygen atoms in total. The van der Waals surface area contributed by atoms with Crippen molar-refractivity contribution in [2.24, 2.45) is 0 Å². The fourth-order valence-electron chi connectivity index (χ4n) is 0.905. The molecule has 0 saturated heterocycles. The summed E-state index contributed by atoms with van der Waals surface area (Å²) in [4.78, 5) is 1.73. The maximum atomic E-state index is 8.72. The van der Waals surface area contributed by atoms with Crippen molar-refractivity contribution < 1.29 is 10.2 Å². The molecule has 2 rings (SSSR count). The zero-order valence-corrected chi connectivity index (χ0v) is 10.2. The van der Waals surface area contributed by atoms with Crippen molar-refractivity contribution in [1.29, 1.82) is 0 Å². The van der Waals surface area contributed by atoms with Crippen LogP contribution in [0, 0.1) is 0 Å². The Hall–Kier alpha value is -1.26. The minimum atomic E-state index is 0.280. The van der Waals surface area contributed by atoms with E-state index in [9.17, 15) is 0 Å². The quantitative estimate of drug-likeness (QED) is 0.543. The van der Waals surface area contributed by atoms with Crippen LogP contribution >= 0.6 is 25.3 Å². The first kappa shape index (κ1) is 12.8. The fourth-order valence-corrected chi connectivity index (χ4v) is 1.20. The summed E-state index contributed by atoms with van der Waals surface area (Å²) in [6, 6.07) is 13.3. The van der Waals surface area contributed by atoms with Crippen LogP contribution in [0.4, 0.5) is 0 Å². The summed E-state index contributed by atoms with van der Waals surface area (Å²) in [6.45, 7) is 0. The predicted octanol–water partition coefficient (Wildman–Crippen LogP) is 3.36. The molecule has 0 aliphatic heterocycles. The molecule has 0 amide bonds. The monoisotopic (exact) mass is 252 g/mol. The largest absolute Gasteiger partial charge is 0.508 e. The van der Waals surface area contributed by atoms with Crippen LogP contribution in [0.2, 0.25) is 0 Å². The molecule has 0 radical (unpaired) electrons. The molecule has 0 spiro atoms. The Morgan fingerprint density at radius 2 is 0.812 bits per heavy atom. The Labute approximate surface area is 105 Å². The van der Waals surface area contributed by atoms with Crippen molar-refractivity contribution in [1.82, 2.24) is 0 Å². The molecule has 0 heterocycles. The second-order valence-electron chi connectivity index (χ2n) is 3.03. The van der Waals surface area contributed by atoms with Gasteiger partial charge in [0.1, 0.15) is 11.5 Å². The summed E-state index contributed by atoms with van der Waals surface area (Å²) < 4.78 is 0. The highest BCUT2D eigenvalue weighted by Gasteiger charge is 1.83. The molecule has 2 N–H and O–H groups in total. The Morgan fingerprint density at radius 3 is 1.00 bits per heavy atom. The molecule has 4 heteroatoms. The van der Waals surface area contributed by atoms with Gasteiger partial charge in [0.05, 0.1) is 0 Å².